The molecule has 0 unspecified atom stereocenters. The van der Waals surface area contributed by atoms with E-state index in [1.807, 2.05) is 0 Å². The van der Waals surface area contributed by atoms with Crippen LogP contribution in [0.3, 0.4) is 0 Å². The van der Waals surface area contributed by atoms with Crippen LogP contribution in [-0.2, 0) is 6.42 Å². The maximum absolute atomic E-state index is 5.60. The fourth-order valence-corrected chi connectivity index (χ4v) is 2.35. The Kier molecular flexibility index (Phi) is 2.76. The summed E-state index contributed by atoms with van der Waals surface area (Å²) in [6.07, 6.45) is 6.41. The molecule has 1 aliphatic rings. The van der Waals surface area contributed by atoms with Crippen LogP contribution in [0, 0.1) is 9.49 Å². The fraction of sp³-hybridized carbons (Fsp3) is 0.667. The SMILES string of the molecule is Nc1noc(CC2CCCC2)c1I. The van der Waals surface area contributed by atoms with Gasteiger partial charge in [0.25, 0.3) is 0 Å². The smallest absolute Gasteiger partial charge is 0.180 e. The van der Waals surface area contributed by atoms with Crippen LogP contribution in [0.25, 0.3) is 0 Å². The predicted octanol–water partition coefficient (Wildman–Crippen LogP) is 2.59. The van der Waals surface area contributed by atoms with Gasteiger partial charge < -0.3 is 10.3 Å². The summed E-state index contributed by atoms with van der Waals surface area (Å²) in [5.74, 6) is 2.31. The molecule has 0 saturated heterocycles. The molecule has 4 heteroatoms. The van der Waals surface area contributed by atoms with Crippen LogP contribution >= 0.6 is 22.6 Å². The lowest BCUT2D eigenvalue weighted by molar-refractivity contribution is 0.360. The second kappa shape index (κ2) is 3.86. The van der Waals surface area contributed by atoms with Crippen molar-refractivity contribution < 1.29 is 4.52 Å². The van der Waals surface area contributed by atoms with Gasteiger partial charge in [0.2, 0.25) is 0 Å². The molecule has 1 saturated carbocycles. The van der Waals surface area contributed by atoms with Gasteiger partial charge in [-0.15, -0.1) is 0 Å². The van der Waals surface area contributed by atoms with E-state index in [0.717, 1.165) is 21.7 Å². The van der Waals surface area contributed by atoms with Crippen molar-refractivity contribution in [1.29, 1.82) is 0 Å². The zero-order valence-corrected chi connectivity index (χ0v) is 9.58. The van der Waals surface area contributed by atoms with E-state index in [1.54, 1.807) is 0 Å². The maximum Gasteiger partial charge on any atom is 0.180 e. The van der Waals surface area contributed by atoms with Gasteiger partial charge in [-0.05, 0) is 28.5 Å². The minimum absolute atomic E-state index is 0.536. The first kappa shape index (κ1) is 9.30. The quantitative estimate of drug-likeness (QED) is 0.852. The predicted molar refractivity (Wildman–Crippen MR) is 59.3 cm³/mol. The molecule has 0 aromatic carbocycles. The zero-order valence-electron chi connectivity index (χ0n) is 7.42. The van der Waals surface area contributed by atoms with Crippen LogP contribution < -0.4 is 5.73 Å². The van der Waals surface area contributed by atoms with Crippen molar-refractivity contribution in [2.24, 2.45) is 5.92 Å². The van der Waals surface area contributed by atoms with E-state index in [9.17, 15) is 0 Å². The first-order valence-electron chi connectivity index (χ1n) is 4.67. The van der Waals surface area contributed by atoms with Gasteiger partial charge in [-0.2, -0.15) is 0 Å². The lowest BCUT2D eigenvalue weighted by Crippen LogP contribution is -1.99. The lowest BCUT2D eigenvalue weighted by Gasteiger charge is -2.04. The van der Waals surface area contributed by atoms with Crippen molar-refractivity contribution in [3.63, 3.8) is 0 Å². The number of halogens is 1. The van der Waals surface area contributed by atoms with Crippen molar-refractivity contribution in [2.45, 2.75) is 32.1 Å². The van der Waals surface area contributed by atoms with E-state index in [1.165, 1.54) is 25.7 Å². The van der Waals surface area contributed by atoms with Crippen molar-refractivity contribution in [1.82, 2.24) is 5.16 Å². The first-order valence-corrected chi connectivity index (χ1v) is 5.75. The summed E-state index contributed by atoms with van der Waals surface area (Å²) in [4.78, 5) is 0. The normalized spacial score (nSPS) is 18.2. The highest BCUT2D eigenvalue weighted by atomic mass is 127. The van der Waals surface area contributed by atoms with Crippen molar-refractivity contribution in [2.75, 3.05) is 5.73 Å². The lowest BCUT2D eigenvalue weighted by atomic mass is 10.0. The minimum Gasteiger partial charge on any atom is -0.380 e. The Bertz CT molecular complexity index is 292. The summed E-state index contributed by atoms with van der Waals surface area (Å²) in [6, 6.07) is 0. The van der Waals surface area contributed by atoms with Gasteiger partial charge in [-0.1, -0.05) is 30.8 Å². The molecular formula is C9H13IN2O. The first-order chi connectivity index (χ1) is 6.27. The Labute approximate surface area is 91.2 Å². The van der Waals surface area contributed by atoms with Gasteiger partial charge in [0.15, 0.2) is 11.6 Å². The van der Waals surface area contributed by atoms with E-state index in [0.29, 0.717) is 5.82 Å². The highest BCUT2D eigenvalue weighted by Crippen LogP contribution is 2.30. The largest absolute Gasteiger partial charge is 0.380 e. The average Bonchev–Trinajstić information content (AvgIpc) is 2.71. The molecule has 13 heavy (non-hydrogen) atoms. The molecule has 0 amide bonds. The maximum atomic E-state index is 5.60. The Morgan fingerprint density at radius 3 is 2.69 bits per heavy atom. The van der Waals surface area contributed by atoms with Gasteiger partial charge in [0.05, 0.1) is 3.57 Å². The third kappa shape index (κ3) is 1.98. The van der Waals surface area contributed by atoms with Crippen LogP contribution in [0.4, 0.5) is 5.82 Å². The van der Waals surface area contributed by atoms with Crippen LogP contribution in [-0.4, -0.2) is 5.16 Å². The number of rotatable bonds is 2. The standard InChI is InChI=1S/C9H13IN2O/c10-8-7(13-12-9(8)11)5-6-3-1-2-4-6/h6H,1-5H2,(H2,11,12). The molecule has 0 atom stereocenters. The number of anilines is 1. The van der Waals surface area contributed by atoms with Gasteiger partial charge in [-0.25, -0.2) is 0 Å². The molecular weight excluding hydrogens is 279 g/mol. The average molecular weight is 292 g/mol. The van der Waals surface area contributed by atoms with E-state index in [2.05, 4.69) is 27.7 Å². The van der Waals surface area contributed by atoms with Gasteiger partial charge in [0.1, 0.15) is 0 Å². The van der Waals surface area contributed by atoms with Crippen LogP contribution in [0.2, 0.25) is 0 Å². The van der Waals surface area contributed by atoms with Gasteiger partial charge >= 0.3 is 0 Å². The van der Waals surface area contributed by atoms with E-state index in [4.69, 9.17) is 10.3 Å². The van der Waals surface area contributed by atoms with Gasteiger partial charge in [-0.3, -0.25) is 0 Å². The minimum atomic E-state index is 0.536. The topological polar surface area (TPSA) is 52.0 Å². The monoisotopic (exact) mass is 292 g/mol. The van der Waals surface area contributed by atoms with Gasteiger partial charge in [0, 0.05) is 6.42 Å². The number of hydrogen-bond acceptors (Lipinski definition) is 3. The molecule has 0 aliphatic heterocycles. The summed E-state index contributed by atoms with van der Waals surface area (Å²) in [7, 11) is 0. The number of nitrogens with two attached hydrogens (primary N) is 1. The number of nitrogens with zero attached hydrogens (tertiary/aromatic N) is 1. The van der Waals surface area contributed by atoms with Crippen molar-refractivity contribution in [3.05, 3.63) is 9.33 Å². The molecule has 2 rings (SSSR count). The van der Waals surface area contributed by atoms with Crippen LogP contribution in [0.15, 0.2) is 4.52 Å². The summed E-state index contributed by atoms with van der Waals surface area (Å²) < 4.78 is 6.18. The second-order valence-electron chi connectivity index (χ2n) is 3.66. The fourth-order valence-electron chi connectivity index (χ4n) is 1.93. The Morgan fingerprint density at radius 1 is 1.46 bits per heavy atom. The molecule has 0 spiro atoms. The van der Waals surface area contributed by atoms with E-state index >= 15 is 0 Å². The summed E-state index contributed by atoms with van der Waals surface area (Å²) >= 11 is 2.21. The van der Waals surface area contributed by atoms with Crippen LogP contribution in [0.1, 0.15) is 31.4 Å². The molecule has 72 valence electrons. The summed E-state index contributed by atoms with van der Waals surface area (Å²) in [5, 5.41) is 3.75. The molecule has 1 aromatic heterocycles. The van der Waals surface area contributed by atoms with Crippen molar-refractivity contribution >= 4 is 28.4 Å². The summed E-state index contributed by atoms with van der Waals surface area (Å²) in [5.41, 5.74) is 5.60. The molecule has 1 aliphatic carbocycles. The highest BCUT2D eigenvalue weighted by Gasteiger charge is 2.20. The highest BCUT2D eigenvalue weighted by molar-refractivity contribution is 14.1. The van der Waals surface area contributed by atoms with E-state index < -0.39 is 0 Å². The Balaban J connectivity index is 2.04. The summed E-state index contributed by atoms with van der Waals surface area (Å²) in [6.45, 7) is 0. The molecule has 1 heterocycles. The molecule has 0 bridgehead atoms. The molecule has 2 N–H and O–H groups in total. The number of nitrogen functional groups attached to an aromatic ring is 1. The number of hydrogen-bond donors (Lipinski definition) is 1. The Morgan fingerprint density at radius 2 is 2.15 bits per heavy atom. The molecule has 0 radical (unpaired) electrons. The van der Waals surface area contributed by atoms with E-state index in [-0.39, 0.29) is 0 Å². The molecule has 1 aromatic rings. The molecule has 1 fully saturated rings. The third-order valence-electron chi connectivity index (χ3n) is 2.67. The third-order valence-corrected chi connectivity index (χ3v) is 3.83. The second-order valence-corrected chi connectivity index (χ2v) is 4.74. The zero-order chi connectivity index (χ0) is 9.26. The van der Waals surface area contributed by atoms with Crippen LogP contribution in [0.5, 0.6) is 0 Å². The number of aromatic nitrogens is 1. The Hall–Kier alpha value is -0.260. The molecule has 3 nitrogen and oxygen atoms in total. The van der Waals surface area contributed by atoms with Crippen molar-refractivity contribution in [3.8, 4) is 0 Å².